The van der Waals surface area contributed by atoms with Crippen LogP contribution >= 0.6 is 0 Å². The van der Waals surface area contributed by atoms with Crippen molar-refractivity contribution < 1.29 is 9.84 Å². The van der Waals surface area contributed by atoms with Crippen LogP contribution in [0.5, 0.6) is 5.75 Å². The number of likely N-dealkylation sites (tertiary alicyclic amines) is 1. The van der Waals surface area contributed by atoms with Crippen LogP contribution in [-0.2, 0) is 12.1 Å². The van der Waals surface area contributed by atoms with Gasteiger partial charge in [0.05, 0.1) is 12.2 Å². The molecule has 0 bridgehead atoms. The highest BCUT2D eigenvalue weighted by atomic mass is 16.5. The molecule has 4 heteroatoms. The molecule has 0 radical (unpaired) electrons. The summed E-state index contributed by atoms with van der Waals surface area (Å²) in [5, 5.41) is 15.2. The van der Waals surface area contributed by atoms with Crippen molar-refractivity contribution in [3.8, 4) is 5.75 Å². The lowest BCUT2D eigenvalue weighted by Crippen LogP contribution is -2.34. The predicted molar refractivity (Wildman–Crippen MR) is 119 cm³/mol. The number of aliphatic hydroxyl groups is 1. The predicted octanol–water partition coefficient (Wildman–Crippen LogP) is 3.94. The van der Waals surface area contributed by atoms with E-state index in [9.17, 15) is 5.11 Å². The molecule has 4 unspecified atom stereocenters. The van der Waals surface area contributed by atoms with Crippen LogP contribution in [0.3, 0.4) is 0 Å². The Balaban J connectivity index is 1.19. The SMILES string of the molecule is OC1(c2ccc(OCCC3CCCN3)cc2)CCC2CN(Cc3ccccc3)CC21. The number of benzene rings is 2. The highest BCUT2D eigenvalue weighted by Crippen LogP contribution is 2.50. The van der Waals surface area contributed by atoms with Gasteiger partial charge in [0.2, 0.25) is 0 Å². The lowest BCUT2D eigenvalue weighted by Gasteiger charge is -2.31. The van der Waals surface area contributed by atoms with Gasteiger partial charge in [-0.05, 0) is 67.8 Å². The second kappa shape index (κ2) is 8.70. The maximum absolute atomic E-state index is 11.7. The molecular weight excluding hydrogens is 372 g/mol. The van der Waals surface area contributed by atoms with Crippen LogP contribution in [0.2, 0.25) is 0 Å². The van der Waals surface area contributed by atoms with Gasteiger partial charge in [0.25, 0.3) is 0 Å². The van der Waals surface area contributed by atoms with E-state index in [4.69, 9.17) is 4.74 Å². The van der Waals surface area contributed by atoms with Gasteiger partial charge in [-0.3, -0.25) is 4.90 Å². The standard InChI is InChI=1S/C26H34N2O2/c29-26(22-8-10-24(11-9-22)30-16-13-23-7-4-15-27-23)14-12-21-18-28(19-25(21)26)17-20-5-2-1-3-6-20/h1-3,5-6,8-11,21,23,25,27,29H,4,7,12-19H2. The maximum Gasteiger partial charge on any atom is 0.119 e. The van der Waals surface area contributed by atoms with Crippen LogP contribution in [0.4, 0.5) is 0 Å². The largest absolute Gasteiger partial charge is 0.494 e. The molecule has 5 rings (SSSR count). The molecule has 2 aromatic rings. The van der Waals surface area contributed by atoms with Crippen LogP contribution < -0.4 is 10.1 Å². The molecule has 1 saturated carbocycles. The normalized spacial score (nSPS) is 31.2. The van der Waals surface area contributed by atoms with Gasteiger partial charge in [0.1, 0.15) is 5.75 Å². The topological polar surface area (TPSA) is 44.7 Å². The summed E-state index contributed by atoms with van der Waals surface area (Å²) in [5.74, 6) is 1.82. The Bertz CT molecular complexity index is 819. The lowest BCUT2D eigenvalue weighted by molar-refractivity contribution is -0.00686. The molecule has 3 aliphatic rings. The average molecular weight is 407 g/mol. The van der Waals surface area contributed by atoms with Gasteiger partial charge in [-0.25, -0.2) is 0 Å². The number of ether oxygens (including phenoxy) is 1. The van der Waals surface area contributed by atoms with Crippen molar-refractivity contribution in [2.75, 3.05) is 26.2 Å². The van der Waals surface area contributed by atoms with Gasteiger partial charge in [0, 0.05) is 31.6 Å². The molecule has 30 heavy (non-hydrogen) atoms. The Labute approximate surface area is 180 Å². The number of rotatable bonds is 7. The molecule has 2 aliphatic heterocycles. The van der Waals surface area contributed by atoms with Crippen LogP contribution in [0, 0.1) is 11.8 Å². The fraction of sp³-hybridized carbons (Fsp3) is 0.538. The van der Waals surface area contributed by atoms with E-state index in [1.165, 1.54) is 18.4 Å². The maximum atomic E-state index is 11.7. The van der Waals surface area contributed by atoms with Crippen molar-refractivity contribution in [1.29, 1.82) is 0 Å². The van der Waals surface area contributed by atoms with Gasteiger partial charge < -0.3 is 15.2 Å². The van der Waals surface area contributed by atoms with E-state index < -0.39 is 5.60 Å². The van der Waals surface area contributed by atoms with Crippen LogP contribution in [-0.4, -0.2) is 42.3 Å². The molecule has 0 spiro atoms. The molecule has 1 aliphatic carbocycles. The Hall–Kier alpha value is -1.88. The van der Waals surface area contributed by atoms with E-state index in [-0.39, 0.29) is 0 Å². The highest BCUT2D eigenvalue weighted by Gasteiger charge is 2.52. The second-order valence-corrected chi connectivity index (χ2v) is 9.46. The summed E-state index contributed by atoms with van der Waals surface area (Å²) in [6, 6.07) is 19.5. The molecule has 2 heterocycles. The van der Waals surface area contributed by atoms with Crippen molar-refractivity contribution in [2.45, 2.75) is 50.3 Å². The third-order valence-corrected chi connectivity index (χ3v) is 7.53. The molecule has 0 amide bonds. The summed E-state index contributed by atoms with van der Waals surface area (Å²) in [6.45, 7) is 4.94. The molecule has 4 atom stereocenters. The Morgan fingerprint density at radius 2 is 1.87 bits per heavy atom. The van der Waals surface area contributed by atoms with Crippen molar-refractivity contribution in [3.63, 3.8) is 0 Å². The summed E-state index contributed by atoms with van der Waals surface area (Å²) < 4.78 is 5.96. The smallest absolute Gasteiger partial charge is 0.119 e. The van der Waals surface area contributed by atoms with Crippen molar-refractivity contribution in [3.05, 3.63) is 65.7 Å². The zero-order chi connectivity index (χ0) is 20.4. The quantitative estimate of drug-likeness (QED) is 0.731. The molecule has 2 aromatic carbocycles. The van der Waals surface area contributed by atoms with Crippen LogP contribution in [0.25, 0.3) is 0 Å². The first-order valence-corrected chi connectivity index (χ1v) is 11.7. The Morgan fingerprint density at radius 3 is 2.63 bits per heavy atom. The zero-order valence-electron chi connectivity index (χ0n) is 17.8. The van der Waals surface area contributed by atoms with Gasteiger partial charge in [-0.2, -0.15) is 0 Å². The fourth-order valence-electron chi connectivity index (χ4n) is 5.88. The molecular formula is C26H34N2O2. The van der Waals surface area contributed by atoms with Crippen LogP contribution in [0.1, 0.15) is 43.2 Å². The summed E-state index contributed by atoms with van der Waals surface area (Å²) in [5.41, 5.74) is 1.71. The average Bonchev–Trinajstić information content (AvgIpc) is 3.49. The molecule has 2 saturated heterocycles. The summed E-state index contributed by atoms with van der Waals surface area (Å²) in [6.07, 6.45) is 5.59. The summed E-state index contributed by atoms with van der Waals surface area (Å²) >= 11 is 0. The summed E-state index contributed by atoms with van der Waals surface area (Å²) in [7, 11) is 0. The minimum Gasteiger partial charge on any atom is -0.494 e. The van der Waals surface area contributed by atoms with Crippen molar-refractivity contribution >= 4 is 0 Å². The minimum atomic E-state index is -0.706. The van der Waals surface area contributed by atoms with E-state index >= 15 is 0 Å². The molecule has 0 aromatic heterocycles. The molecule has 4 nitrogen and oxygen atoms in total. The number of hydrogen-bond donors (Lipinski definition) is 2. The first kappa shape index (κ1) is 20.0. The van der Waals surface area contributed by atoms with E-state index in [2.05, 4.69) is 52.7 Å². The second-order valence-electron chi connectivity index (χ2n) is 9.46. The summed E-state index contributed by atoms with van der Waals surface area (Å²) in [4.78, 5) is 2.52. The van der Waals surface area contributed by atoms with Gasteiger partial charge >= 0.3 is 0 Å². The number of nitrogens with one attached hydrogen (secondary N) is 1. The lowest BCUT2D eigenvalue weighted by atomic mass is 9.82. The number of hydrogen-bond acceptors (Lipinski definition) is 4. The van der Waals surface area contributed by atoms with Crippen molar-refractivity contribution in [2.24, 2.45) is 11.8 Å². The van der Waals surface area contributed by atoms with E-state index in [0.717, 1.165) is 63.4 Å². The van der Waals surface area contributed by atoms with E-state index in [1.807, 2.05) is 12.1 Å². The Morgan fingerprint density at radius 1 is 1.03 bits per heavy atom. The van der Waals surface area contributed by atoms with Crippen molar-refractivity contribution in [1.82, 2.24) is 10.2 Å². The number of nitrogens with zero attached hydrogens (tertiary/aromatic N) is 1. The molecule has 3 fully saturated rings. The highest BCUT2D eigenvalue weighted by molar-refractivity contribution is 5.33. The van der Waals surface area contributed by atoms with Gasteiger partial charge in [-0.15, -0.1) is 0 Å². The zero-order valence-corrected chi connectivity index (χ0v) is 17.8. The van der Waals surface area contributed by atoms with Gasteiger partial charge in [0.15, 0.2) is 0 Å². The minimum absolute atomic E-state index is 0.321. The molecule has 160 valence electrons. The van der Waals surface area contributed by atoms with E-state index in [0.29, 0.717) is 17.9 Å². The third kappa shape index (κ3) is 4.14. The third-order valence-electron chi connectivity index (χ3n) is 7.53. The monoisotopic (exact) mass is 406 g/mol. The number of fused-ring (bicyclic) bond motifs is 1. The van der Waals surface area contributed by atoms with Crippen LogP contribution in [0.15, 0.2) is 54.6 Å². The Kier molecular flexibility index (Phi) is 5.81. The fourth-order valence-corrected chi connectivity index (χ4v) is 5.88. The molecule has 2 N–H and O–H groups in total. The van der Waals surface area contributed by atoms with E-state index in [1.54, 1.807) is 0 Å². The first-order valence-electron chi connectivity index (χ1n) is 11.7. The first-order chi connectivity index (χ1) is 14.7. The van der Waals surface area contributed by atoms with Gasteiger partial charge in [-0.1, -0.05) is 42.5 Å².